The maximum Gasteiger partial charge on any atom is 0.103 e. The standard InChI is InChI=1S/C18H15N3/c1-13-7-3-6-10-17(13)21(2)18-14(11-19)12-20-16-9-5-4-8-15(16)18/h3-10,12H,1-2H3. The van der Waals surface area contributed by atoms with Crippen molar-refractivity contribution in [2.75, 3.05) is 11.9 Å². The summed E-state index contributed by atoms with van der Waals surface area (Å²) in [4.78, 5) is 6.43. The number of para-hydroxylation sites is 2. The summed E-state index contributed by atoms with van der Waals surface area (Å²) in [6.45, 7) is 2.07. The van der Waals surface area contributed by atoms with E-state index in [2.05, 4.69) is 35.0 Å². The van der Waals surface area contributed by atoms with Gasteiger partial charge >= 0.3 is 0 Å². The molecule has 3 nitrogen and oxygen atoms in total. The number of benzene rings is 2. The first kappa shape index (κ1) is 13.1. The van der Waals surface area contributed by atoms with Gasteiger partial charge in [-0.25, -0.2) is 0 Å². The van der Waals surface area contributed by atoms with Gasteiger partial charge in [-0.2, -0.15) is 5.26 Å². The average molecular weight is 273 g/mol. The van der Waals surface area contributed by atoms with Gasteiger partial charge in [0.15, 0.2) is 0 Å². The SMILES string of the molecule is Cc1ccccc1N(C)c1c(C#N)cnc2ccccc12. The molecule has 0 atom stereocenters. The Morgan fingerprint density at radius 2 is 1.76 bits per heavy atom. The van der Waals surface area contributed by atoms with Crippen LogP contribution in [0.2, 0.25) is 0 Å². The van der Waals surface area contributed by atoms with Crippen molar-refractivity contribution in [3.05, 3.63) is 65.9 Å². The summed E-state index contributed by atoms with van der Waals surface area (Å²) >= 11 is 0. The highest BCUT2D eigenvalue weighted by atomic mass is 15.1. The molecule has 0 bridgehead atoms. The summed E-state index contributed by atoms with van der Waals surface area (Å²) in [5, 5.41) is 10.4. The summed E-state index contributed by atoms with van der Waals surface area (Å²) in [7, 11) is 1.99. The van der Waals surface area contributed by atoms with Gasteiger partial charge in [0, 0.05) is 24.3 Å². The van der Waals surface area contributed by atoms with Crippen molar-refractivity contribution in [3.8, 4) is 6.07 Å². The van der Waals surface area contributed by atoms with Gasteiger partial charge < -0.3 is 4.90 Å². The molecule has 3 rings (SSSR count). The number of pyridine rings is 1. The van der Waals surface area contributed by atoms with Gasteiger partial charge in [0.1, 0.15) is 6.07 Å². The van der Waals surface area contributed by atoms with Gasteiger partial charge in [0.2, 0.25) is 0 Å². The Balaban J connectivity index is 2.29. The van der Waals surface area contributed by atoms with E-state index in [0.717, 1.165) is 22.3 Å². The third-order valence-corrected chi connectivity index (χ3v) is 3.68. The maximum absolute atomic E-state index is 9.43. The molecule has 0 unspecified atom stereocenters. The first-order chi connectivity index (χ1) is 10.2. The number of nitrogens with zero attached hydrogens (tertiary/aromatic N) is 3. The fourth-order valence-corrected chi connectivity index (χ4v) is 2.63. The number of hydrogen-bond acceptors (Lipinski definition) is 3. The predicted octanol–water partition coefficient (Wildman–Crippen LogP) is 4.18. The number of anilines is 2. The quantitative estimate of drug-likeness (QED) is 0.703. The molecule has 0 saturated heterocycles. The first-order valence-electron chi connectivity index (χ1n) is 6.79. The molecule has 3 heteroatoms. The van der Waals surface area contributed by atoms with Crippen molar-refractivity contribution in [2.24, 2.45) is 0 Å². The van der Waals surface area contributed by atoms with E-state index in [9.17, 15) is 5.26 Å². The van der Waals surface area contributed by atoms with E-state index in [-0.39, 0.29) is 0 Å². The van der Waals surface area contributed by atoms with Gasteiger partial charge in [-0.05, 0) is 24.6 Å². The molecule has 0 aliphatic heterocycles. The maximum atomic E-state index is 9.43. The number of nitriles is 1. The number of hydrogen-bond donors (Lipinski definition) is 0. The summed E-state index contributed by atoms with van der Waals surface area (Å²) in [5.41, 5.74) is 4.64. The van der Waals surface area contributed by atoms with Gasteiger partial charge in [-0.3, -0.25) is 4.98 Å². The average Bonchev–Trinajstić information content (AvgIpc) is 2.53. The molecule has 0 amide bonds. The fraction of sp³-hybridized carbons (Fsp3) is 0.111. The van der Waals surface area contributed by atoms with Gasteiger partial charge in [-0.15, -0.1) is 0 Å². The molecule has 2 aromatic carbocycles. The van der Waals surface area contributed by atoms with Crippen molar-refractivity contribution in [1.82, 2.24) is 4.98 Å². The van der Waals surface area contributed by atoms with Gasteiger partial charge in [0.05, 0.1) is 16.8 Å². The Hall–Kier alpha value is -2.86. The Kier molecular flexibility index (Phi) is 3.29. The minimum atomic E-state index is 0.583. The summed E-state index contributed by atoms with van der Waals surface area (Å²) < 4.78 is 0. The third kappa shape index (κ3) is 2.21. The zero-order valence-electron chi connectivity index (χ0n) is 12.0. The van der Waals surface area contributed by atoms with Crippen molar-refractivity contribution >= 4 is 22.3 Å². The third-order valence-electron chi connectivity index (χ3n) is 3.68. The molecular formula is C18H15N3. The van der Waals surface area contributed by atoms with Gasteiger partial charge in [-0.1, -0.05) is 36.4 Å². The largest absolute Gasteiger partial charge is 0.343 e. The Morgan fingerprint density at radius 3 is 2.52 bits per heavy atom. The zero-order chi connectivity index (χ0) is 14.8. The predicted molar refractivity (Wildman–Crippen MR) is 85.7 cm³/mol. The minimum Gasteiger partial charge on any atom is -0.343 e. The highest BCUT2D eigenvalue weighted by Crippen LogP contribution is 2.34. The Labute approximate surface area is 124 Å². The van der Waals surface area contributed by atoms with Crippen LogP contribution in [0.25, 0.3) is 10.9 Å². The highest BCUT2D eigenvalue weighted by Gasteiger charge is 2.15. The van der Waals surface area contributed by atoms with E-state index >= 15 is 0 Å². The molecule has 0 spiro atoms. The van der Waals surface area contributed by atoms with E-state index in [1.54, 1.807) is 6.20 Å². The Morgan fingerprint density at radius 1 is 1.05 bits per heavy atom. The van der Waals surface area contributed by atoms with E-state index < -0.39 is 0 Å². The lowest BCUT2D eigenvalue weighted by Crippen LogP contribution is -2.13. The smallest absolute Gasteiger partial charge is 0.103 e. The van der Waals surface area contributed by atoms with Gasteiger partial charge in [0.25, 0.3) is 0 Å². The number of aromatic nitrogens is 1. The molecule has 0 aliphatic rings. The molecule has 0 saturated carbocycles. The fourth-order valence-electron chi connectivity index (χ4n) is 2.63. The lowest BCUT2D eigenvalue weighted by Gasteiger charge is -2.24. The molecule has 0 N–H and O–H groups in total. The van der Waals surface area contributed by atoms with Crippen LogP contribution in [0, 0.1) is 18.3 Å². The van der Waals surface area contributed by atoms with Crippen LogP contribution in [0.1, 0.15) is 11.1 Å². The van der Waals surface area contributed by atoms with Crippen molar-refractivity contribution < 1.29 is 0 Å². The van der Waals surface area contributed by atoms with E-state index in [1.807, 2.05) is 43.4 Å². The second-order valence-electron chi connectivity index (χ2n) is 4.99. The van der Waals surface area contributed by atoms with Crippen LogP contribution in [0.5, 0.6) is 0 Å². The summed E-state index contributed by atoms with van der Waals surface area (Å²) in [6, 6.07) is 18.3. The molecular weight excluding hydrogens is 258 g/mol. The van der Waals surface area contributed by atoms with Crippen LogP contribution in [-0.2, 0) is 0 Å². The van der Waals surface area contributed by atoms with Crippen LogP contribution in [0.4, 0.5) is 11.4 Å². The van der Waals surface area contributed by atoms with Crippen molar-refractivity contribution in [2.45, 2.75) is 6.92 Å². The number of fused-ring (bicyclic) bond motifs is 1. The lowest BCUT2D eigenvalue weighted by atomic mass is 10.1. The molecule has 1 aromatic heterocycles. The monoisotopic (exact) mass is 273 g/mol. The number of rotatable bonds is 2. The van der Waals surface area contributed by atoms with Crippen LogP contribution in [-0.4, -0.2) is 12.0 Å². The highest BCUT2D eigenvalue weighted by molar-refractivity contribution is 5.96. The Bertz CT molecular complexity index is 846. The second kappa shape index (κ2) is 5.26. The molecule has 102 valence electrons. The van der Waals surface area contributed by atoms with Crippen molar-refractivity contribution in [1.29, 1.82) is 5.26 Å². The van der Waals surface area contributed by atoms with Crippen LogP contribution in [0.15, 0.2) is 54.7 Å². The van der Waals surface area contributed by atoms with E-state index in [0.29, 0.717) is 5.56 Å². The minimum absolute atomic E-state index is 0.583. The molecule has 0 radical (unpaired) electrons. The van der Waals surface area contributed by atoms with Crippen LogP contribution < -0.4 is 4.90 Å². The van der Waals surface area contributed by atoms with Crippen molar-refractivity contribution in [3.63, 3.8) is 0 Å². The topological polar surface area (TPSA) is 39.9 Å². The summed E-state index contributed by atoms with van der Waals surface area (Å²) in [5.74, 6) is 0. The molecule has 3 aromatic rings. The first-order valence-corrected chi connectivity index (χ1v) is 6.79. The molecule has 21 heavy (non-hydrogen) atoms. The van der Waals surface area contributed by atoms with Crippen LogP contribution in [0.3, 0.4) is 0 Å². The van der Waals surface area contributed by atoms with E-state index in [4.69, 9.17) is 0 Å². The zero-order valence-corrected chi connectivity index (χ0v) is 12.0. The number of aryl methyl sites for hydroxylation is 1. The second-order valence-corrected chi connectivity index (χ2v) is 4.99. The van der Waals surface area contributed by atoms with E-state index in [1.165, 1.54) is 5.56 Å². The summed E-state index contributed by atoms with van der Waals surface area (Å²) in [6.07, 6.45) is 1.65. The molecule has 0 aliphatic carbocycles. The van der Waals surface area contributed by atoms with Crippen LogP contribution >= 0.6 is 0 Å². The lowest BCUT2D eigenvalue weighted by molar-refractivity contribution is 1.18. The molecule has 0 fully saturated rings. The normalized spacial score (nSPS) is 10.3. The molecule has 1 heterocycles.